The first-order chi connectivity index (χ1) is 21.9. The Morgan fingerprint density at radius 1 is 0.867 bits per heavy atom. The average molecular weight is 633 g/mol. The summed E-state index contributed by atoms with van der Waals surface area (Å²) in [5.41, 5.74) is 7.40. The predicted octanol–water partition coefficient (Wildman–Crippen LogP) is 7.38. The second-order valence-electron chi connectivity index (χ2n) is 10.8. The molecule has 1 aliphatic rings. The fraction of sp³-hybridized carbons (Fsp3) is 0.162. The fourth-order valence-electron chi connectivity index (χ4n) is 5.47. The zero-order valence-electron chi connectivity index (χ0n) is 24.8. The summed E-state index contributed by atoms with van der Waals surface area (Å²) in [6.07, 6.45) is 4.93. The minimum atomic E-state index is -1.09. The Bertz CT molecular complexity index is 1930. The van der Waals surface area contributed by atoms with E-state index in [1.54, 1.807) is 23.1 Å². The first-order valence-corrected chi connectivity index (χ1v) is 16.5. The first kappa shape index (κ1) is 30.4. The number of aliphatic carboxylic acids is 2. The minimum absolute atomic E-state index is 0.0152. The van der Waals surface area contributed by atoms with E-state index >= 15 is 0 Å². The van der Waals surface area contributed by atoms with E-state index in [0.717, 1.165) is 65.1 Å². The Labute approximate surface area is 270 Å². The van der Waals surface area contributed by atoms with Gasteiger partial charge in [-0.15, -0.1) is 0 Å². The molecule has 1 aromatic heterocycles. The second kappa shape index (κ2) is 13.5. The van der Waals surface area contributed by atoms with Crippen LogP contribution in [0.25, 0.3) is 38.5 Å². The molecular formula is C37H32N2O4S2. The number of thioether (sulfide) groups is 1. The third kappa shape index (κ3) is 6.87. The molecule has 0 amide bonds. The molecule has 8 heteroatoms. The van der Waals surface area contributed by atoms with Crippen LogP contribution in [0.5, 0.6) is 0 Å². The van der Waals surface area contributed by atoms with Gasteiger partial charge >= 0.3 is 5.97 Å². The van der Waals surface area contributed by atoms with Crippen molar-refractivity contribution in [3.8, 4) is 22.3 Å². The van der Waals surface area contributed by atoms with Crippen LogP contribution in [0.1, 0.15) is 31.2 Å². The summed E-state index contributed by atoms with van der Waals surface area (Å²) in [7, 11) is 0. The Hall–Kier alpha value is -4.66. The average Bonchev–Trinajstić information content (AvgIpc) is 3.58. The number of aromatic nitrogens is 1. The molecule has 0 atom stereocenters. The SMILES string of the molecule is CCC(/C=C1\Sc2ccc(-c3ccccc3)cc2N1CCC(=O)O)=C\c1sc2ccc(-c3ccccc3)cc2[n+]1CCC(=O)[O-]. The Morgan fingerprint density at radius 3 is 2.18 bits per heavy atom. The molecule has 0 saturated heterocycles. The maximum atomic E-state index is 11.6. The van der Waals surface area contributed by atoms with Crippen molar-refractivity contribution < 1.29 is 24.4 Å². The first-order valence-electron chi connectivity index (χ1n) is 14.9. The van der Waals surface area contributed by atoms with E-state index in [2.05, 4.69) is 89.2 Å². The molecule has 6 rings (SSSR count). The molecule has 45 heavy (non-hydrogen) atoms. The Balaban J connectivity index is 1.40. The highest BCUT2D eigenvalue weighted by Crippen LogP contribution is 2.48. The Kier molecular flexibility index (Phi) is 9.14. The van der Waals surface area contributed by atoms with Crippen molar-refractivity contribution in [1.82, 2.24) is 0 Å². The van der Waals surface area contributed by atoms with Crippen LogP contribution < -0.4 is 14.6 Å². The van der Waals surface area contributed by atoms with Gasteiger partial charge in [-0.25, -0.2) is 0 Å². The quantitative estimate of drug-likeness (QED) is 0.153. The number of hydrogen-bond donors (Lipinski definition) is 1. The minimum Gasteiger partial charge on any atom is -0.550 e. The summed E-state index contributed by atoms with van der Waals surface area (Å²) < 4.78 is 3.14. The lowest BCUT2D eigenvalue weighted by molar-refractivity contribution is -0.668. The number of aryl methyl sites for hydroxylation is 1. The van der Waals surface area contributed by atoms with E-state index in [-0.39, 0.29) is 12.8 Å². The number of hydrogen-bond acceptors (Lipinski definition) is 6. The molecule has 226 valence electrons. The lowest BCUT2D eigenvalue weighted by atomic mass is 10.0. The summed E-state index contributed by atoms with van der Waals surface area (Å²) in [6.45, 7) is 2.75. The summed E-state index contributed by atoms with van der Waals surface area (Å²) >= 11 is 3.27. The number of carboxylic acids is 2. The number of fused-ring (bicyclic) bond motifs is 2. The highest BCUT2D eigenvalue weighted by Gasteiger charge is 2.27. The monoisotopic (exact) mass is 632 g/mol. The molecule has 4 aromatic carbocycles. The maximum absolute atomic E-state index is 11.6. The van der Waals surface area contributed by atoms with E-state index < -0.39 is 11.9 Å². The Morgan fingerprint density at radius 2 is 1.53 bits per heavy atom. The molecule has 1 N–H and O–H groups in total. The number of carbonyl (C=O) groups is 2. The van der Waals surface area contributed by atoms with E-state index in [1.807, 2.05) is 36.4 Å². The molecular weight excluding hydrogens is 601 g/mol. The summed E-state index contributed by atoms with van der Waals surface area (Å²) in [5, 5.41) is 23.0. The van der Waals surface area contributed by atoms with Gasteiger partial charge in [-0.1, -0.05) is 103 Å². The van der Waals surface area contributed by atoms with Gasteiger partial charge in [0, 0.05) is 36.0 Å². The topological polar surface area (TPSA) is 84.6 Å². The number of thiazole rings is 1. The van der Waals surface area contributed by atoms with Crippen molar-refractivity contribution in [2.45, 2.75) is 37.6 Å². The zero-order chi connectivity index (χ0) is 31.3. The normalized spacial score (nSPS) is 13.8. The summed E-state index contributed by atoms with van der Waals surface area (Å²) in [5.74, 6) is -1.93. The van der Waals surface area contributed by atoms with Gasteiger partial charge in [0.05, 0.1) is 17.1 Å². The van der Waals surface area contributed by atoms with Crippen LogP contribution in [0.3, 0.4) is 0 Å². The largest absolute Gasteiger partial charge is 0.550 e. The molecule has 5 aromatic rings. The van der Waals surface area contributed by atoms with Gasteiger partial charge in [-0.05, 0) is 58.5 Å². The lowest BCUT2D eigenvalue weighted by Gasteiger charge is -2.20. The van der Waals surface area contributed by atoms with Crippen LogP contribution >= 0.6 is 23.1 Å². The summed E-state index contributed by atoms with van der Waals surface area (Å²) in [4.78, 5) is 26.3. The van der Waals surface area contributed by atoms with Crippen molar-refractivity contribution in [3.63, 3.8) is 0 Å². The van der Waals surface area contributed by atoms with Gasteiger partial charge in [0.2, 0.25) is 5.52 Å². The molecule has 0 saturated carbocycles. The predicted molar refractivity (Wildman–Crippen MR) is 181 cm³/mol. The van der Waals surface area contributed by atoms with Gasteiger partial charge < -0.3 is 19.9 Å². The van der Waals surface area contributed by atoms with Crippen molar-refractivity contribution in [2.24, 2.45) is 0 Å². The number of anilines is 1. The van der Waals surface area contributed by atoms with E-state index in [9.17, 15) is 19.8 Å². The fourth-order valence-corrected chi connectivity index (χ4v) is 7.76. The molecule has 0 bridgehead atoms. The van der Waals surface area contributed by atoms with Gasteiger partial charge in [0.15, 0.2) is 6.54 Å². The van der Waals surface area contributed by atoms with Crippen molar-refractivity contribution >= 4 is 57.0 Å². The molecule has 0 aliphatic carbocycles. The number of rotatable bonds is 11. The zero-order valence-corrected chi connectivity index (χ0v) is 26.4. The van der Waals surface area contributed by atoms with Crippen LogP contribution in [-0.2, 0) is 16.1 Å². The van der Waals surface area contributed by atoms with Crippen molar-refractivity contribution in [1.29, 1.82) is 0 Å². The second-order valence-corrected chi connectivity index (χ2v) is 12.9. The lowest BCUT2D eigenvalue weighted by Crippen LogP contribution is -2.38. The van der Waals surface area contributed by atoms with Gasteiger partial charge in [0.1, 0.15) is 4.70 Å². The van der Waals surface area contributed by atoms with Crippen LogP contribution in [-0.4, -0.2) is 23.6 Å². The molecule has 1 aliphatic heterocycles. The number of carbonyl (C=O) groups excluding carboxylic acids is 1. The van der Waals surface area contributed by atoms with E-state index in [4.69, 9.17) is 0 Å². The summed E-state index contributed by atoms with van der Waals surface area (Å²) in [6, 6.07) is 33.0. The van der Waals surface area contributed by atoms with E-state index in [1.165, 1.54) is 0 Å². The number of allylic oxidation sites excluding steroid dienone is 2. The highest BCUT2D eigenvalue weighted by molar-refractivity contribution is 8.03. The third-order valence-electron chi connectivity index (χ3n) is 7.79. The maximum Gasteiger partial charge on any atom is 0.305 e. The van der Waals surface area contributed by atoms with Crippen LogP contribution in [0.4, 0.5) is 5.69 Å². The van der Waals surface area contributed by atoms with Crippen molar-refractivity contribution in [2.75, 3.05) is 11.4 Å². The molecule has 6 nitrogen and oxygen atoms in total. The number of nitrogens with zero attached hydrogens (tertiary/aromatic N) is 2. The molecule has 0 spiro atoms. The smallest absolute Gasteiger partial charge is 0.305 e. The van der Waals surface area contributed by atoms with Crippen LogP contribution in [0.2, 0.25) is 0 Å². The van der Waals surface area contributed by atoms with Gasteiger partial charge in [0.25, 0.3) is 5.01 Å². The third-order valence-corrected chi connectivity index (χ3v) is 10.0. The molecule has 0 radical (unpaired) electrons. The molecule has 2 heterocycles. The van der Waals surface area contributed by atoms with E-state index in [0.29, 0.717) is 13.1 Å². The highest BCUT2D eigenvalue weighted by atomic mass is 32.2. The number of benzene rings is 4. The molecule has 0 unspecified atom stereocenters. The number of carboxylic acid groups (broad SMARTS) is 2. The standard InChI is InChI=1S/C37H32N2O4S2/c1-2-25(21-34-38(19-17-36(40)41)30-23-28(13-15-32(30)44-34)26-9-5-3-6-10-26)22-35-39(20-18-37(42)43)31-24-29(14-16-33(31)45-35)27-11-7-4-8-12-27/h3-16,21-24H,2,17-20H2,1H3,(H-,40,41,42,43). The van der Waals surface area contributed by atoms with Gasteiger partial charge in [-0.3, -0.25) is 4.79 Å². The van der Waals surface area contributed by atoms with Gasteiger partial charge in [-0.2, -0.15) is 4.57 Å². The van der Waals surface area contributed by atoms with Crippen LogP contribution in [0.15, 0.2) is 119 Å². The molecule has 0 fully saturated rings. The van der Waals surface area contributed by atoms with Crippen LogP contribution in [0, 0.1) is 0 Å². The van der Waals surface area contributed by atoms with Crippen molar-refractivity contribution in [3.05, 3.63) is 119 Å².